The number of fused-ring (bicyclic) bond motifs is 3. The number of aliphatic hydroxyl groups is 3. The van der Waals surface area contributed by atoms with Crippen molar-refractivity contribution >= 4 is 23.2 Å². The average Bonchev–Trinajstić information content (AvgIpc) is 3.36. The molecule has 5 rings (SSSR count). The topological polar surface area (TPSA) is 177 Å². The lowest BCUT2D eigenvalue weighted by Crippen LogP contribution is -2.63. The first-order valence-electron chi connectivity index (χ1n) is 12.5. The Labute approximate surface area is 213 Å². The third-order valence-electron chi connectivity index (χ3n) is 8.54. The van der Waals surface area contributed by atoms with Gasteiger partial charge < -0.3 is 35.6 Å². The van der Waals surface area contributed by atoms with Crippen LogP contribution in [0, 0.1) is 17.8 Å². The molecular formula is C27H31NO9. The molecule has 4 aliphatic rings. The van der Waals surface area contributed by atoms with Crippen molar-refractivity contribution in [1.82, 2.24) is 0 Å². The van der Waals surface area contributed by atoms with Gasteiger partial charge in [-0.2, -0.15) is 0 Å². The van der Waals surface area contributed by atoms with Gasteiger partial charge in [0.1, 0.15) is 22.8 Å². The van der Waals surface area contributed by atoms with E-state index in [1.165, 1.54) is 13.2 Å². The Bertz CT molecular complexity index is 1230. The predicted octanol–water partition coefficient (Wildman–Crippen LogP) is 1.80. The molecule has 2 saturated carbocycles. The van der Waals surface area contributed by atoms with Gasteiger partial charge in [0.05, 0.1) is 24.9 Å². The number of amides is 1. The molecular weight excluding hydrogens is 482 g/mol. The molecule has 0 aliphatic heterocycles. The summed E-state index contributed by atoms with van der Waals surface area (Å²) in [4.78, 5) is 38.8. The largest absolute Gasteiger partial charge is 0.508 e. The maximum Gasteiger partial charge on any atom is 0.255 e. The van der Waals surface area contributed by atoms with Crippen LogP contribution in [-0.4, -0.2) is 69.9 Å². The third kappa shape index (κ3) is 3.69. The fourth-order valence-electron chi connectivity index (χ4n) is 6.88. The Morgan fingerprint density at radius 3 is 2.49 bits per heavy atom. The van der Waals surface area contributed by atoms with Crippen LogP contribution in [0.2, 0.25) is 0 Å². The molecule has 1 amide bonds. The molecule has 1 unspecified atom stereocenters. The first-order valence-corrected chi connectivity index (χ1v) is 12.5. The summed E-state index contributed by atoms with van der Waals surface area (Å²) in [6.45, 7) is 0.145. The van der Waals surface area contributed by atoms with Crippen LogP contribution in [0.5, 0.6) is 5.75 Å². The number of ketones is 2. The van der Waals surface area contributed by atoms with E-state index in [1.807, 2.05) is 0 Å². The number of nitrogens with two attached hydrogens (primary N) is 1. The molecule has 5 atom stereocenters. The number of hydrogen-bond acceptors (Lipinski definition) is 9. The van der Waals surface area contributed by atoms with Gasteiger partial charge in [0.15, 0.2) is 11.4 Å². The van der Waals surface area contributed by atoms with E-state index in [0.717, 1.165) is 25.7 Å². The molecule has 1 aromatic rings. The molecule has 0 radical (unpaired) electrons. The van der Waals surface area contributed by atoms with Crippen LogP contribution < -0.4 is 5.73 Å². The quantitative estimate of drug-likeness (QED) is 0.355. The summed E-state index contributed by atoms with van der Waals surface area (Å²) in [5.41, 5.74) is 2.19. The van der Waals surface area contributed by atoms with Crippen molar-refractivity contribution in [3.05, 3.63) is 46.2 Å². The number of methoxy groups -OCH3 is 1. The minimum absolute atomic E-state index is 0.0255. The number of hydrogen-bond donors (Lipinski definition) is 5. The van der Waals surface area contributed by atoms with Crippen LogP contribution in [0.4, 0.5) is 0 Å². The molecule has 37 heavy (non-hydrogen) atoms. The number of carbonyl (C=O) groups excluding carboxylic acids is 3. The van der Waals surface area contributed by atoms with Gasteiger partial charge in [0.2, 0.25) is 5.78 Å². The van der Waals surface area contributed by atoms with Crippen LogP contribution in [-0.2, 0) is 23.9 Å². The molecule has 4 aliphatic carbocycles. The zero-order valence-corrected chi connectivity index (χ0v) is 20.5. The fourth-order valence-corrected chi connectivity index (χ4v) is 6.88. The van der Waals surface area contributed by atoms with E-state index in [4.69, 9.17) is 15.2 Å². The Kier molecular flexibility index (Phi) is 6.37. The number of benzene rings is 1. The summed E-state index contributed by atoms with van der Waals surface area (Å²) in [6.07, 6.45) is 3.54. The Balaban J connectivity index is 1.72. The van der Waals surface area contributed by atoms with E-state index in [9.17, 15) is 34.8 Å². The molecule has 0 spiro atoms. The van der Waals surface area contributed by atoms with E-state index < -0.39 is 70.3 Å². The van der Waals surface area contributed by atoms with Crippen molar-refractivity contribution in [2.75, 3.05) is 20.3 Å². The molecule has 10 nitrogen and oxygen atoms in total. The summed E-state index contributed by atoms with van der Waals surface area (Å²) in [7, 11) is 1.43. The molecule has 0 heterocycles. The van der Waals surface area contributed by atoms with Gasteiger partial charge in [-0.1, -0.05) is 25.0 Å². The highest BCUT2D eigenvalue weighted by Gasteiger charge is 2.65. The summed E-state index contributed by atoms with van der Waals surface area (Å²) in [5.74, 6) is -8.16. The Hall–Kier alpha value is -3.21. The monoisotopic (exact) mass is 513 g/mol. The highest BCUT2D eigenvalue weighted by molar-refractivity contribution is 6.22. The number of aromatic hydroxyl groups is 1. The highest BCUT2D eigenvalue weighted by Crippen LogP contribution is 2.58. The summed E-state index contributed by atoms with van der Waals surface area (Å²) in [6, 6.07) is 4.76. The summed E-state index contributed by atoms with van der Waals surface area (Å²) in [5, 5.41) is 44.7. The number of aliphatic hydroxyl groups excluding tert-OH is 2. The van der Waals surface area contributed by atoms with Crippen molar-refractivity contribution in [2.45, 2.75) is 49.7 Å². The van der Waals surface area contributed by atoms with Crippen molar-refractivity contribution in [3.8, 4) is 5.75 Å². The first-order chi connectivity index (χ1) is 17.6. The summed E-state index contributed by atoms with van der Waals surface area (Å²) < 4.78 is 11.7. The lowest BCUT2D eigenvalue weighted by atomic mass is 9.52. The van der Waals surface area contributed by atoms with Gasteiger partial charge in [-0.3, -0.25) is 14.4 Å². The molecule has 0 bridgehead atoms. The molecule has 6 N–H and O–H groups in total. The summed E-state index contributed by atoms with van der Waals surface area (Å²) >= 11 is 0. The zero-order chi connectivity index (χ0) is 26.6. The number of phenols is 1. The smallest absolute Gasteiger partial charge is 0.255 e. The zero-order valence-electron chi connectivity index (χ0n) is 20.5. The lowest BCUT2D eigenvalue weighted by molar-refractivity contribution is -0.157. The fraction of sp³-hybridized carbons (Fsp3) is 0.519. The molecule has 0 aromatic heterocycles. The van der Waals surface area contributed by atoms with Crippen molar-refractivity contribution < 1.29 is 44.3 Å². The van der Waals surface area contributed by atoms with Crippen molar-refractivity contribution in [2.24, 2.45) is 23.5 Å². The van der Waals surface area contributed by atoms with Gasteiger partial charge >= 0.3 is 0 Å². The van der Waals surface area contributed by atoms with Gasteiger partial charge in [0, 0.05) is 36.9 Å². The van der Waals surface area contributed by atoms with Crippen LogP contribution >= 0.6 is 0 Å². The first kappa shape index (κ1) is 25.4. The standard InChI is InChI=1S/C27H31NO9/c1-36-10-15-16-9-18(30)21(26(28)34)24(32)27(16,35)25(33)22-19(15)14(11-37-12-5-2-3-6-12)13-7-4-8-17(29)20(13)23(22)31/h4,7-8,12,14-16,19,29,31-32,35H,2-3,5-6,9-11H2,1H3,(H2,28,34)/t14?,15-,16-,19+,27-/m1/s1. The molecule has 10 heteroatoms. The Morgan fingerprint density at radius 2 is 1.84 bits per heavy atom. The normalized spacial score (nSPS) is 31.8. The molecule has 1 aromatic carbocycles. The van der Waals surface area contributed by atoms with Crippen LogP contribution in [0.1, 0.15) is 49.1 Å². The van der Waals surface area contributed by atoms with Gasteiger partial charge in [0.25, 0.3) is 5.91 Å². The van der Waals surface area contributed by atoms with E-state index in [2.05, 4.69) is 0 Å². The lowest BCUT2D eigenvalue weighted by Gasteiger charge is -2.52. The van der Waals surface area contributed by atoms with Gasteiger partial charge in [-0.25, -0.2) is 0 Å². The number of Topliss-reactive ketones (excluding diaryl/α,β-unsaturated/α-hetero) is 2. The van der Waals surface area contributed by atoms with Crippen LogP contribution in [0.3, 0.4) is 0 Å². The van der Waals surface area contributed by atoms with E-state index in [-0.39, 0.29) is 36.2 Å². The van der Waals surface area contributed by atoms with E-state index in [0.29, 0.717) is 5.56 Å². The number of phenolic OH excluding ortho intramolecular Hbond substituents is 1. The van der Waals surface area contributed by atoms with Gasteiger partial charge in [-0.05, 0) is 30.4 Å². The second-order valence-corrected chi connectivity index (χ2v) is 10.4. The molecule has 2 fully saturated rings. The number of rotatable bonds is 6. The Morgan fingerprint density at radius 1 is 1.14 bits per heavy atom. The minimum Gasteiger partial charge on any atom is -0.508 e. The van der Waals surface area contributed by atoms with Crippen LogP contribution in [0.15, 0.2) is 35.1 Å². The van der Waals surface area contributed by atoms with Gasteiger partial charge in [-0.15, -0.1) is 0 Å². The highest BCUT2D eigenvalue weighted by atomic mass is 16.5. The molecule has 198 valence electrons. The predicted molar refractivity (Wildman–Crippen MR) is 129 cm³/mol. The number of carbonyl (C=O) groups is 3. The number of ether oxygens (including phenoxy) is 2. The maximum atomic E-state index is 14.0. The number of primary amides is 1. The molecule has 0 saturated heterocycles. The SMILES string of the molecule is COC[C@@H]1[C@H]2CC(=O)C(C(N)=O)=C(O)[C@@]2(O)C(=O)C2=C(O)c3c(O)cccc3C(COC3CCCC3)[C@H]21. The van der Waals surface area contributed by atoms with Crippen molar-refractivity contribution in [1.29, 1.82) is 0 Å². The third-order valence-corrected chi connectivity index (χ3v) is 8.54. The minimum atomic E-state index is -2.68. The van der Waals surface area contributed by atoms with E-state index in [1.54, 1.807) is 12.1 Å². The average molecular weight is 514 g/mol. The maximum absolute atomic E-state index is 14.0. The van der Waals surface area contributed by atoms with E-state index >= 15 is 0 Å². The van der Waals surface area contributed by atoms with Crippen LogP contribution in [0.25, 0.3) is 5.76 Å². The van der Waals surface area contributed by atoms with Crippen molar-refractivity contribution in [3.63, 3.8) is 0 Å². The second-order valence-electron chi connectivity index (χ2n) is 10.4. The second kappa shape index (κ2) is 9.27.